The Hall–Kier alpha value is -0.0800. The molecule has 2 nitrogen and oxygen atoms in total. The lowest BCUT2D eigenvalue weighted by molar-refractivity contribution is 0.238. The first kappa shape index (κ1) is 9.92. The Bertz CT molecular complexity index is 71.7. The number of hydrogen-bond acceptors (Lipinski definition) is 2. The van der Waals surface area contributed by atoms with Gasteiger partial charge in [0.25, 0.3) is 0 Å². The molecule has 2 heteroatoms. The summed E-state index contributed by atoms with van der Waals surface area (Å²) in [7, 11) is 0. The highest BCUT2D eigenvalue weighted by Crippen LogP contribution is 1.97. The van der Waals surface area contributed by atoms with Crippen LogP contribution in [0, 0.1) is 0 Å². The van der Waals surface area contributed by atoms with Crippen molar-refractivity contribution in [2.75, 3.05) is 6.61 Å². The Kier molecular flexibility index (Phi) is 5.64. The molecule has 0 fully saturated rings. The van der Waals surface area contributed by atoms with Crippen LogP contribution in [0.1, 0.15) is 33.6 Å². The molecular formula is C8H19NO. The third kappa shape index (κ3) is 3.85. The van der Waals surface area contributed by atoms with Crippen LogP contribution in [0.2, 0.25) is 0 Å². The van der Waals surface area contributed by atoms with Crippen molar-refractivity contribution in [2.24, 2.45) is 0 Å². The fraction of sp³-hybridized carbons (Fsp3) is 1.00. The molecular weight excluding hydrogens is 126 g/mol. The van der Waals surface area contributed by atoms with Crippen molar-refractivity contribution in [1.82, 2.24) is 5.32 Å². The highest BCUT2D eigenvalue weighted by Gasteiger charge is 2.05. The van der Waals surface area contributed by atoms with E-state index in [-0.39, 0.29) is 12.6 Å². The van der Waals surface area contributed by atoms with Gasteiger partial charge in [-0.1, -0.05) is 13.8 Å². The lowest BCUT2D eigenvalue weighted by Crippen LogP contribution is -2.37. The second-order valence-corrected chi connectivity index (χ2v) is 2.76. The van der Waals surface area contributed by atoms with E-state index < -0.39 is 0 Å². The zero-order chi connectivity index (χ0) is 7.98. The van der Waals surface area contributed by atoms with Gasteiger partial charge in [0.05, 0.1) is 6.61 Å². The van der Waals surface area contributed by atoms with Gasteiger partial charge in [0.1, 0.15) is 0 Å². The third-order valence-corrected chi connectivity index (χ3v) is 1.78. The van der Waals surface area contributed by atoms with Gasteiger partial charge in [-0.2, -0.15) is 0 Å². The molecule has 1 atom stereocenters. The number of nitrogens with one attached hydrogen (secondary N) is 1. The van der Waals surface area contributed by atoms with Crippen molar-refractivity contribution in [2.45, 2.75) is 45.7 Å². The van der Waals surface area contributed by atoms with E-state index in [1.165, 1.54) is 0 Å². The molecule has 0 heterocycles. The minimum absolute atomic E-state index is 0.233. The van der Waals surface area contributed by atoms with Gasteiger partial charge in [-0.3, -0.25) is 0 Å². The van der Waals surface area contributed by atoms with E-state index in [9.17, 15) is 0 Å². The van der Waals surface area contributed by atoms with Gasteiger partial charge < -0.3 is 10.4 Å². The van der Waals surface area contributed by atoms with Crippen molar-refractivity contribution >= 4 is 0 Å². The summed E-state index contributed by atoms with van der Waals surface area (Å²) < 4.78 is 0. The van der Waals surface area contributed by atoms with Crippen molar-refractivity contribution < 1.29 is 5.11 Å². The minimum Gasteiger partial charge on any atom is -0.395 e. The first-order valence-electron chi connectivity index (χ1n) is 4.11. The Morgan fingerprint density at radius 1 is 1.30 bits per heavy atom. The Balaban J connectivity index is 3.41. The first-order valence-corrected chi connectivity index (χ1v) is 4.11. The highest BCUT2D eigenvalue weighted by molar-refractivity contribution is 4.67. The Labute approximate surface area is 63.6 Å². The van der Waals surface area contributed by atoms with Crippen LogP contribution in [0.25, 0.3) is 0 Å². The van der Waals surface area contributed by atoms with Gasteiger partial charge >= 0.3 is 0 Å². The molecule has 2 N–H and O–H groups in total. The summed E-state index contributed by atoms with van der Waals surface area (Å²) in [6.45, 7) is 6.55. The zero-order valence-electron chi connectivity index (χ0n) is 7.22. The molecule has 0 unspecified atom stereocenters. The van der Waals surface area contributed by atoms with Gasteiger partial charge in [0, 0.05) is 12.1 Å². The number of aliphatic hydroxyl groups is 1. The third-order valence-electron chi connectivity index (χ3n) is 1.78. The SMILES string of the molecule is CCC(CC)N[C@@H](C)CO. The molecule has 0 aliphatic heterocycles. The molecule has 0 rings (SSSR count). The maximum atomic E-state index is 8.71. The minimum atomic E-state index is 0.233. The summed E-state index contributed by atoms with van der Waals surface area (Å²) in [4.78, 5) is 0. The van der Waals surface area contributed by atoms with Crippen molar-refractivity contribution in [1.29, 1.82) is 0 Å². The average molecular weight is 145 g/mol. The van der Waals surface area contributed by atoms with Crippen molar-refractivity contribution in [3.8, 4) is 0 Å². The van der Waals surface area contributed by atoms with E-state index in [4.69, 9.17) is 5.11 Å². The number of hydrogen-bond donors (Lipinski definition) is 2. The molecule has 0 saturated carbocycles. The molecule has 0 aromatic rings. The molecule has 0 amide bonds. The van der Waals surface area contributed by atoms with E-state index in [1.54, 1.807) is 0 Å². The maximum Gasteiger partial charge on any atom is 0.0582 e. The fourth-order valence-electron chi connectivity index (χ4n) is 0.979. The zero-order valence-corrected chi connectivity index (χ0v) is 7.22. The van der Waals surface area contributed by atoms with Gasteiger partial charge in [-0.15, -0.1) is 0 Å². The predicted octanol–water partition coefficient (Wildman–Crippen LogP) is 1.15. The summed E-state index contributed by atoms with van der Waals surface area (Å²) in [6.07, 6.45) is 2.28. The van der Waals surface area contributed by atoms with Gasteiger partial charge in [0.15, 0.2) is 0 Å². The largest absolute Gasteiger partial charge is 0.395 e. The molecule has 0 spiro atoms. The molecule has 0 aliphatic carbocycles. The van der Waals surface area contributed by atoms with E-state index in [0.29, 0.717) is 6.04 Å². The van der Waals surface area contributed by atoms with Crippen LogP contribution >= 0.6 is 0 Å². The quantitative estimate of drug-likeness (QED) is 0.608. The van der Waals surface area contributed by atoms with Crippen molar-refractivity contribution in [3.63, 3.8) is 0 Å². The molecule has 0 aromatic carbocycles. The lowest BCUT2D eigenvalue weighted by Gasteiger charge is -2.18. The van der Waals surface area contributed by atoms with E-state index >= 15 is 0 Å². The van der Waals surface area contributed by atoms with E-state index in [0.717, 1.165) is 12.8 Å². The molecule has 0 radical (unpaired) electrons. The number of rotatable bonds is 5. The topological polar surface area (TPSA) is 32.3 Å². The Morgan fingerprint density at radius 2 is 1.80 bits per heavy atom. The second-order valence-electron chi connectivity index (χ2n) is 2.76. The summed E-state index contributed by atoms with van der Waals surface area (Å²) in [5.74, 6) is 0. The summed E-state index contributed by atoms with van der Waals surface area (Å²) in [5, 5.41) is 12.0. The summed E-state index contributed by atoms with van der Waals surface area (Å²) >= 11 is 0. The average Bonchev–Trinajstić information content (AvgIpc) is 1.99. The molecule has 0 bridgehead atoms. The van der Waals surface area contributed by atoms with Crippen LogP contribution in [-0.2, 0) is 0 Å². The summed E-state index contributed by atoms with van der Waals surface area (Å²) in [6, 6.07) is 0.812. The van der Waals surface area contributed by atoms with Gasteiger partial charge in [-0.05, 0) is 19.8 Å². The van der Waals surface area contributed by atoms with Gasteiger partial charge in [0.2, 0.25) is 0 Å². The standard InChI is InChI=1S/C8H19NO/c1-4-8(5-2)9-7(3)6-10/h7-10H,4-6H2,1-3H3/t7-/m0/s1. The first-order chi connectivity index (χ1) is 4.74. The van der Waals surface area contributed by atoms with Crippen LogP contribution in [0.3, 0.4) is 0 Å². The van der Waals surface area contributed by atoms with Crippen LogP contribution < -0.4 is 5.32 Å². The van der Waals surface area contributed by atoms with Crippen molar-refractivity contribution in [3.05, 3.63) is 0 Å². The predicted molar refractivity (Wildman–Crippen MR) is 44.1 cm³/mol. The maximum absolute atomic E-state index is 8.71. The normalized spacial score (nSPS) is 14.1. The van der Waals surface area contributed by atoms with Gasteiger partial charge in [-0.25, -0.2) is 0 Å². The lowest BCUT2D eigenvalue weighted by atomic mass is 10.1. The van der Waals surface area contributed by atoms with Crippen LogP contribution in [0.15, 0.2) is 0 Å². The van der Waals surface area contributed by atoms with Crippen LogP contribution in [-0.4, -0.2) is 23.8 Å². The molecule has 0 aromatic heterocycles. The summed E-state index contributed by atoms with van der Waals surface area (Å²) in [5.41, 5.74) is 0. The molecule has 0 aliphatic rings. The molecule has 62 valence electrons. The van der Waals surface area contributed by atoms with E-state index in [1.807, 2.05) is 6.92 Å². The highest BCUT2D eigenvalue weighted by atomic mass is 16.3. The monoisotopic (exact) mass is 145 g/mol. The van der Waals surface area contributed by atoms with Crippen LogP contribution in [0.5, 0.6) is 0 Å². The van der Waals surface area contributed by atoms with E-state index in [2.05, 4.69) is 19.2 Å². The smallest absolute Gasteiger partial charge is 0.0582 e. The Morgan fingerprint density at radius 3 is 2.10 bits per heavy atom. The fourth-order valence-corrected chi connectivity index (χ4v) is 0.979. The molecule has 10 heavy (non-hydrogen) atoms. The second kappa shape index (κ2) is 5.69. The molecule has 0 saturated heterocycles. The van der Waals surface area contributed by atoms with Crippen LogP contribution in [0.4, 0.5) is 0 Å². The number of aliphatic hydroxyl groups excluding tert-OH is 1.